The number of halogens is 1. The summed E-state index contributed by atoms with van der Waals surface area (Å²) in [6.07, 6.45) is 8.07. The van der Waals surface area contributed by atoms with Crippen LogP contribution in [0, 0.1) is 40.9 Å². The largest absolute Gasteiger partial charge is 0.390 e. The highest BCUT2D eigenvalue weighted by Gasteiger charge is 2.60. The minimum atomic E-state index is -2.17. The van der Waals surface area contributed by atoms with Gasteiger partial charge in [0.05, 0.1) is 12.1 Å². The third kappa shape index (κ3) is 4.41. The Balaban J connectivity index is 1.24. The highest BCUT2D eigenvalue weighted by molar-refractivity contribution is 7.97. The first-order chi connectivity index (χ1) is 15.9. The van der Waals surface area contributed by atoms with E-state index in [1.165, 1.54) is 0 Å². The predicted octanol–water partition coefficient (Wildman–Crippen LogP) is 3.40. The van der Waals surface area contributed by atoms with Crippen LogP contribution in [0.1, 0.15) is 65.2 Å². The monoisotopic (exact) mass is 496 g/mol. The molecule has 0 aromatic rings. The van der Waals surface area contributed by atoms with E-state index < -0.39 is 21.5 Å². The number of ketones is 1. The van der Waals surface area contributed by atoms with E-state index in [9.17, 15) is 14.1 Å². The molecule has 1 unspecified atom stereocenters. The Labute approximate surface area is 206 Å². The van der Waals surface area contributed by atoms with Gasteiger partial charge in [-0.3, -0.25) is 13.9 Å². The van der Waals surface area contributed by atoms with Crippen molar-refractivity contribution in [2.75, 3.05) is 39.0 Å². The first-order valence-electron chi connectivity index (χ1n) is 13.6. The second-order valence-electron chi connectivity index (χ2n) is 13.1. The van der Waals surface area contributed by atoms with E-state index in [1.807, 2.05) is 11.2 Å². The van der Waals surface area contributed by atoms with E-state index >= 15 is 4.39 Å². The number of alkyl halides is 1. The molecule has 7 heteroatoms. The molecule has 5 nitrogen and oxygen atoms in total. The Bertz CT molecular complexity index is 900. The van der Waals surface area contributed by atoms with Crippen LogP contribution >= 0.6 is 0 Å². The summed E-state index contributed by atoms with van der Waals surface area (Å²) in [5.74, 6) is 6.09. The fourth-order valence-corrected chi connectivity index (χ4v) is 10.1. The van der Waals surface area contributed by atoms with Gasteiger partial charge in [-0.25, -0.2) is 8.70 Å². The van der Waals surface area contributed by atoms with Crippen molar-refractivity contribution in [2.24, 2.45) is 40.9 Å². The second kappa shape index (κ2) is 8.81. The van der Waals surface area contributed by atoms with Crippen LogP contribution < -0.4 is 0 Å². The molecule has 10 atom stereocenters. The molecular weight excluding hydrogens is 451 g/mol. The van der Waals surface area contributed by atoms with Gasteiger partial charge < -0.3 is 5.11 Å². The fraction of sp³-hybridized carbons (Fsp3) is 0.926. The molecule has 5 aliphatic rings. The highest BCUT2D eigenvalue weighted by atomic mass is 32.2. The average molecular weight is 497 g/mol. The molecule has 0 aromatic heterocycles. The maximum atomic E-state index is 15.5. The number of aliphatic hydroxyl groups is 1. The Morgan fingerprint density at radius 3 is 2.35 bits per heavy atom. The first kappa shape index (κ1) is 25.2. The summed E-state index contributed by atoms with van der Waals surface area (Å²) in [5.41, 5.74) is -0.711. The summed E-state index contributed by atoms with van der Waals surface area (Å²) >= 11 is 0. The number of Topliss-reactive ketones (excluding diaryl/α,β-unsaturated/α-hetero) is 1. The van der Waals surface area contributed by atoms with Crippen molar-refractivity contribution < 1.29 is 18.5 Å². The van der Waals surface area contributed by atoms with Crippen LogP contribution in [0.5, 0.6) is 0 Å². The smallest absolute Gasteiger partial charge is 0.150 e. The molecule has 194 valence electrons. The molecule has 1 N–H and O–H groups in total. The Kier molecular flexibility index (Phi) is 6.52. The van der Waals surface area contributed by atoms with Crippen molar-refractivity contribution in [2.45, 2.75) is 77.0 Å². The quantitative estimate of drug-likeness (QED) is 0.606. The molecule has 1 aliphatic heterocycles. The summed E-state index contributed by atoms with van der Waals surface area (Å²) in [4.78, 5) is 15.8. The molecule has 4 aliphatic carbocycles. The molecule has 5 rings (SSSR count). The van der Waals surface area contributed by atoms with Crippen molar-refractivity contribution in [3.05, 3.63) is 0 Å². The zero-order chi connectivity index (χ0) is 24.5. The molecule has 1 heterocycles. The topological polar surface area (TPSA) is 60.9 Å². The molecule has 0 amide bonds. The normalized spacial score (nSPS) is 49.5. The van der Waals surface area contributed by atoms with E-state index in [2.05, 4.69) is 17.7 Å². The van der Waals surface area contributed by atoms with E-state index in [0.29, 0.717) is 61.9 Å². The number of piperazine rings is 1. The maximum Gasteiger partial charge on any atom is 0.150 e. The molecule has 0 aromatic carbocycles. The number of fused-ring (bicyclic) bond motifs is 5. The summed E-state index contributed by atoms with van der Waals surface area (Å²) in [7, 11) is -2.17. The number of hydrogen-bond acceptors (Lipinski definition) is 4. The van der Waals surface area contributed by atoms with Crippen molar-refractivity contribution in [3.8, 4) is 0 Å². The van der Waals surface area contributed by atoms with Crippen LogP contribution in [0.25, 0.3) is 0 Å². The molecule has 5 fully saturated rings. The second-order valence-corrected chi connectivity index (χ2v) is 15.5. The van der Waals surface area contributed by atoms with Crippen molar-refractivity contribution in [1.29, 1.82) is 0 Å². The molecule has 34 heavy (non-hydrogen) atoms. The lowest BCUT2D eigenvalue weighted by Gasteiger charge is -2.57. The standard InChI is InChI=1S/C27H45FN2O3S/c1-26(32)9-7-19-18-8-10-27(2)22(20(18)15-24(28)21(19)16-26)5-6-23(27)25(31)17-29-11-13-30(14-12-29)34(3,4)33/h18-24,32H,3,5-17H2,1-2,4H3/t18-,19-,20-,21+,22+,23-,24-,26-,27+,34?/m1/s1. The number of hydrogen-bond donors (Lipinski definition) is 1. The van der Waals surface area contributed by atoms with Crippen LogP contribution in [-0.2, 0) is 14.5 Å². The molecule has 1 saturated heterocycles. The summed E-state index contributed by atoms with van der Waals surface area (Å²) < 4.78 is 29.7. The van der Waals surface area contributed by atoms with E-state index in [4.69, 9.17) is 0 Å². The summed E-state index contributed by atoms with van der Waals surface area (Å²) in [5, 5.41) is 10.6. The molecule has 0 bridgehead atoms. The van der Waals surface area contributed by atoms with Gasteiger partial charge in [-0.1, -0.05) is 6.92 Å². The van der Waals surface area contributed by atoms with Crippen LogP contribution in [-0.4, -0.2) is 80.9 Å². The lowest BCUT2D eigenvalue weighted by Crippen LogP contribution is -2.55. The maximum absolute atomic E-state index is 15.5. The van der Waals surface area contributed by atoms with Gasteiger partial charge in [0.25, 0.3) is 0 Å². The SMILES string of the molecule is C=S(C)(=O)N1CCN(CC(=O)[C@H]2CC[C@H]3[C@@H]4C[C@@H](F)[C@H]5C[C@](C)(O)CC[C@@H]5[C@H]4CC[C@]23C)CC1. The third-order valence-corrected chi connectivity index (χ3v) is 12.3. The zero-order valence-electron chi connectivity index (χ0n) is 21.4. The molecular formula is C27H45FN2O3S. The van der Waals surface area contributed by atoms with Gasteiger partial charge in [-0.05, 0) is 99.2 Å². The van der Waals surface area contributed by atoms with Gasteiger partial charge in [0.2, 0.25) is 0 Å². The minimum absolute atomic E-state index is 0.00212. The van der Waals surface area contributed by atoms with Crippen molar-refractivity contribution in [1.82, 2.24) is 9.21 Å². The van der Waals surface area contributed by atoms with Gasteiger partial charge >= 0.3 is 0 Å². The molecule has 0 radical (unpaired) electrons. The van der Waals surface area contributed by atoms with Gasteiger partial charge in [0, 0.05) is 48.1 Å². The average Bonchev–Trinajstić information content (AvgIpc) is 3.11. The van der Waals surface area contributed by atoms with Gasteiger partial charge in [0.15, 0.2) is 0 Å². The lowest BCUT2D eigenvalue weighted by molar-refractivity contribution is -0.139. The van der Waals surface area contributed by atoms with E-state index in [1.54, 1.807) is 6.26 Å². The van der Waals surface area contributed by atoms with E-state index in [-0.39, 0.29) is 17.3 Å². The number of carbonyl (C=O) groups is 1. The number of nitrogens with zero attached hydrogens (tertiary/aromatic N) is 2. The highest BCUT2D eigenvalue weighted by Crippen LogP contribution is 2.65. The Morgan fingerprint density at radius 2 is 1.68 bits per heavy atom. The third-order valence-electron chi connectivity index (χ3n) is 10.9. The predicted molar refractivity (Wildman–Crippen MR) is 136 cm³/mol. The minimum Gasteiger partial charge on any atom is -0.390 e. The number of carbonyl (C=O) groups excluding carboxylic acids is 1. The van der Waals surface area contributed by atoms with Crippen LogP contribution in [0.4, 0.5) is 4.39 Å². The first-order valence-corrected chi connectivity index (χ1v) is 15.7. The van der Waals surface area contributed by atoms with Crippen LogP contribution in [0.3, 0.4) is 0 Å². The van der Waals surface area contributed by atoms with Crippen molar-refractivity contribution in [3.63, 3.8) is 0 Å². The fourth-order valence-electron chi connectivity index (χ4n) is 9.14. The van der Waals surface area contributed by atoms with Gasteiger partial charge in [0.1, 0.15) is 12.0 Å². The Morgan fingerprint density at radius 1 is 1.03 bits per heavy atom. The van der Waals surface area contributed by atoms with Gasteiger partial charge in [-0.15, -0.1) is 0 Å². The summed E-state index contributed by atoms with van der Waals surface area (Å²) in [6, 6.07) is 0. The van der Waals surface area contributed by atoms with Crippen molar-refractivity contribution >= 4 is 21.4 Å². The summed E-state index contributed by atoms with van der Waals surface area (Å²) in [6.45, 7) is 7.64. The number of rotatable bonds is 4. The molecule has 4 saturated carbocycles. The van der Waals surface area contributed by atoms with Gasteiger partial charge in [-0.2, -0.15) is 0 Å². The van der Waals surface area contributed by atoms with Crippen LogP contribution in [0.2, 0.25) is 0 Å². The lowest BCUT2D eigenvalue weighted by atomic mass is 9.48. The zero-order valence-corrected chi connectivity index (χ0v) is 22.2. The van der Waals surface area contributed by atoms with Crippen LogP contribution in [0.15, 0.2) is 0 Å². The van der Waals surface area contributed by atoms with E-state index in [0.717, 1.165) is 51.6 Å². The Hall–Kier alpha value is -0.500. The molecule has 0 spiro atoms.